The molecule has 3 aromatic rings. The van der Waals surface area contributed by atoms with Crippen molar-refractivity contribution in [2.24, 2.45) is 0 Å². The molecule has 2 aliphatic heterocycles. The van der Waals surface area contributed by atoms with Crippen molar-refractivity contribution in [3.05, 3.63) is 51.0 Å². The number of piperazine rings is 1. The second-order valence-electron chi connectivity index (χ2n) is 8.71. The van der Waals surface area contributed by atoms with Crippen LogP contribution in [-0.4, -0.2) is 67.1 Å². The zero-order valence-corrected chi connectivity index (χ0v) is 21.0. The number of hydrogen-bond donors (Lipinski definition) is 0. The molecule has 0 unspecified atom stereocenters. The third-order valence-corrected chi connectivity index (χ3v) is 8.20. The summed E-state index contributed by atoms with van der Waals surface area (Å²) in [6, 6.07) is 8.48. The van der Waals surface area contributed by atoms with Crippen LogP contribution in [0.2, 0.25) is 5.02 Å². The van der Waals surface area contributed by atoms with Crippen molar-refractivity contribution in [1.82, 2.24) is 9.88 Å². The third-order valence-electron chi connectivity index (χ3n) is 6.62. The Morgan fingerprint density at radius 3 is 2.49 bits per heavy atom. The van der Waals surface area contributed by atoms with Gasteiger partial charge in [0.05, 0.1) is 21.8 Å². The smallest absolute Gasteiger partial charge is 0.293 e. The van der Waals surface area contributed by atoms with Crippen LogP contribution in [0.1, 0.15) is 29.6 Å². The number of benzene rings is 2. The number of nitrogens with zero attached hydrogens (tertiary/aromatic N) is 5. The summed E-state index contributed by atoms with van der Waals surface area (Å²) < 4.78 is 6.29. The lowest BCUT2D eigenvalue weighted by atomic mass is 10.1. The lowest BCUT2D eigenvalue weighted by molar-refractivity contribution is -0.384. The van der Waals surface area contributed by atoms with E-state index in [9.17, 15) is 14.9 Å². The van der Waals surface area contributed by atoms with Gasteiger partial charge in [0.1, 0.15) is 17.0 Å². The molecule has 1 aromatic heterocycles. The Morgan fingerprint density at radius 2 is 1.80 bits per heavy atom. The predicted molar refractivity (Wildman–Crippen MR) is 138 cm³/mol. The number of fused-ring (bicyclic) bond motifs is 1. The minimum Gasteiger partial charge on any atom is -0.494 e. The first-order valence-electron chi connectivity index (χ1n) is 11.7. The molecule has 0 radical (unpaired) electrons. The van der Waals surface area contributed by atoms with Gasteiger partial charge in [-0.1, -0.05) is 22.9 Å². The van der Waals surface area contributed by atoms with E-state index in [4.69, 9.17) is 21.3 Å². The van der Waals surface area contributed by atoms with Gasteiger partial charge in [-0.2, -0.15) is 0 Å². The molecule has 35 heavy (non-hydrogen) atoms. The van der Waals surface area contributed by atoms with Crippen LogP contribution in [0.5, 0.6) is 5.75 Å². The van der Waals surface area contributed by atoms with Crippen LogP contribution in [-0.2, 0) is 0 Å². The number of nitro groups is 1. The average Bonchev–Trinajstić information content (AvgIpc) is 3.35. The van der Waals surface area contributed by atoms with Crippen LogP contribution in [0.4, 0.5) is 16.5 Å². The number of hydrogen-bond acceptors (Lipinski definition) is 8. The first-order chi connectivity index (χ1) is 17.0. The minimum atomic E-state index is -0.384. The second kappa shape index (κ2) is 9.87. The van der Waals surface area contributed by atoms with Gasteiger partial charge in [0.15, 0.2) is 5.13 Å². The number of methoxy groups -OCH3 is 1. The minimum absolute atomic E-state index is 0.00307. The number of thiazole rings is 1. The molecule has 11 heteroatoms. The molecular weight excluding hydrogens is 490 g/mol. The number of nitro benzene ring substituents is 1. The Labute approximate surface area is 212 Å². The average molecular weight is 516 g/mol. The molecule has 184 valence electrons. The maximum absolute atomic E-state index is 13.2. The number of amides is 1. The van der Waals surface area contributed by atoms with Crippen LogP contribution >= 0.6 is 22.9 Å². The van der Waals surface area contributed by atoms with Crippen LogP contribution in [0.15, 0.2) is 30.3 Å². The third kappa shape index (κ3) is 4.60. The topological polar surface area (TPSA) is 92.0 Å². The van der Waals surface area contributed by atoms with E-state index < -0.39 is 0 Å². The van der Waals surface area contributed by atoms with E-state index in [1.54, 1.807) is 36.3 Å². The maximum Gasteiger partial charge on any atom is 0.293 e. The number of ether oxygens (including phenoxy) is 1. The summed E-state index contributed by atoms with van der Waals surface area (Å²) >= 11 is 7.86. The summed E-state index contributed by atoms with van der Waals surface area (Å²) in [5.41, 5.74) is 1.68. The van der Waals surface area contributed by atoms with Crippen LogP contribution in [0.3, 0.4) is 0 Å². The van der Waals surface area contributed by atoms with E-state index in [0.717, 1.165) is 47.7 Å². The lowest BCUT2D eigenvalue weighted by Gasteiger charge is -2.34. The highest BCUT2D eigenvalue weighted by atomic mass is 35.5. The molecule has 5 rings (SSSR count). The highest BCUT2D eigenvalue weighted by molar-refractivity contribution is 7.22. The Hall–Kier alpha value is -3.11. The Morgan fingerprint density at radius 1 is 1.06 bits per heavy atom. The van der Waals surface area contributed by atoms with E-state index >= 15 is 0 Å². The van der Waals surface area contributed by atoms with Crippen molar-refractivity contribution in [3.8, 4) is 5.75 Å². The summed E-state index contributed by atoms with van der Waals surface area (Å²) in [6.45, 7) is 3.83. The molecule has 2 aromatic carbocycles. The largest absolute Gasteiger partial charge is 0.494 e. The lowest BCUT2D eigenvalue weighted by Crippen LogP contribution is -2.48. The van der Waals surface area contributed by atoms with Crippen LogP contribution < -0.4 is 14.5 Å². The maximum atomic E-state index is 13.2. The SMILES string of the molecule is COc1ccc(Cl)c2sc(N3CCN(C(=O)c4ccc(N5CCCCC5)c([N+](=O)[O-])c4)CC3)nc12. The molecule has 0 spiro atoms. The first-order valence-corrected chi connectivity index (χ1v) is 12.9. The van der Waals surface area contributed by atoms with Crippen molar-refractivity contribution in [2.45, 2.75) is 19.3 Å². The molecule has 0 N–H and O–H groups in total. The van der Waals surface area contributed by atoms with Gasteiger partial charge in [-0.15, -0.1) is 0 Å². The number of rotatable bonds is 5. The van der Waals surface area contributed by atoms with Crippen molar-refractivity contribution >= 4 is 55.6 Å². The van der Waals surface area contributed by atoms with Crippen LogP contribution in [0, 0.1) is 10.1 Å². The summed E-state index contributed by atoms with van der Waals surface area (Å²) in [5, 5.41) is 13.2. The Balaban J connectivity index is 1.30. The normalized spacial score (nSPS) is 16.6. The van der Waals surface area contributed by atoms with Crippen molar-refractivity contribution < 1.29 is 14.5 Å². The Bertz CT molecular complexity index is 1270. The van der Waals surface area contributed by atoms with Crippen molar-refractivity contribution in [3.63, 3.8) is 0 Å². The first kappa shape index (κ1) is 23.6. The second-order valence-corrected chi connectivity index (χ2v) is 10.1. The van der Waals surface area contributed by atoms with E-state index in [1.165, 1.54) is 17.4 Å². The van der Waals surface area contributed by atoms with Gasteiger partial charge in [0.25, 0.3) is 11.6 Å². The van der Waals surface area contributed by atoms with Gasteiger partial charge < -0.3 is 19.4 Å². The summed E-state index contributed by atoms with van der Waals surface area (Å²) in [6.07, 6.45) is 3.19. The molecule has 0 aliphatic carbocycles. The molecule has 1 amide bonds. The quantitative estimate of drug-likeness (QED) is 0.355. The van der Waals surface area contributed by atoms with Gasteiger partial charge in [-0.25, -0.2) is 4.98 Å². The van der Waals surface area contributed by atoms with Crippen LogP contribution in [0.25, 0.3) is 10.2 Å². The molecule has 2 aliphatic rings. The number of piperidine rings is 1. The Kier molecular flexibility index (Phi) is 6.66. The van der Waals surface area contributed by atoms with E-state index in [-0.39, 0.29) is 16.5 Å². The molecule has 0 atom stereocenters. The zero-order chi connectivity index (χ0) is 24.5. The fraction of sp³-hybridized carbons (Fsp3) is 0.417. The van der Waals surface area contributed by atoms with E-state index in [2.05, 4.69) is 4.90 Å². The summed E-state index contributed by atoms with van der Waals surface area (Å²) in [5.74, 6) is 0.488. The molecule has 2 saturated heterocycles. The van der Waals surface area contributed by atoms with E-state index in [0.29, 0.717) is 48.2 Å². The molecule has 9 nitrogen and oxygen atoms in total. The standard InChI is InChI=1S/C24H26ClN5O4S/c1-34-20-8-6-17(25)22-21(20)26-24(35-22)29-13-11-28(12-14-29)23(31)16-5-7-18(19(15-16)30(32)33)27-9-3-2-4-10-27/h5-8,15H,2-4,9-14H2,1H3. The number of anilines is 2. The predicted octanol–water partition coefficient (Wildman–Crippen LogP) is 4.82. The number of carbonyl (C=O) groups excluding carboxylic acids is 1. The molecule has 0 bridgehead atoms. The van der Waals surface area contributed by atoms with Crippen molar-refractivity contribution in [2.75, 3.05) is 56.2 Å². The highest BCUT2D eigenvalue weighted by Crippen LogP contribution is 2.39. The van der Waals surface area contributed by atoms with Gasteiger partial charge in [0.2, 0.25) is 0 Å². The molecule has 3 heterocycles. The number of aromatic nitrogens is 1. The molecule has 2 fully saturated rings. The fourth-order valence-electron chi connectivity index (χ4n) is 4.73. The van der Waals surface area contributed by atoms with E-state index in [1.807, 2.05) is 4.90 Å². The molecule has 0 saturated carbocycles. The zero-order valence-electron chi connectivity index (χ0n) is 19.4. The van der Waals surface area contributed by atoms with Crippen molar-refractivity contribution in [1.29, 1.82) is 0 Å². The van der Waals surface area contributed by atoms with Gasteiger partial charge in [0, 0.05) is 50.9 Å². The van der Waals surface area contributed by atoms with Gasteiger partial charge in [-0.3, -0.25) is 14.9 Å². The number of carbonyl (C=O) groups is 1. The van der Waals surface area contributed by atoms with Gasteiger partial charge >= 0.3 is 0 Å². The molecular formula is C24H26ClN5O4S. The summed E-state index contributed by atoms with van der Waals surface area (Å²) in [4.78, 5) is 35.3. The highest BCUT2D eigenvalue weighted by Gasteiger charge is 2.28. The fourth-order valence-corrected chi connectivity index (χ4v) is 6.04. The van der Waals surface area contributed by atoms with Gasteiger partial charge in [-0.05, 0) is 43.5 Å². The summed E-state index contributed by atoms with van der Waals surface area (Å²) in [7, 11) is 1.61. The monoisotopic (exact) mass is 515 g/mol. The number of halogens is 1.